The molecule has 0 fully saturated rings. The van der Waals surface area contributed by atoms with E-state index >= 15 is 0 Å². The maximum atomic E-state index is 9.04. The van der Waals surface area contributed by atoms with E-state index < -0.39 is 0 Å². The number of aryl methyl sites for hydroxylation is 4. The number of nitriles is 4. The molecule has 4 heterocycles. The maximum absolute atomic E-state index is 9.04. The van der Waals surface area contributed by atoms with E-state index in [0.717, 1.165) is 0 Å². The molecule has 4 aromatic rings. The molecule has 0 amide bonds. The van der Waals surface area contributed by atoms with Crippen LogP contribution in [0.15, 0.2) is 0 Å². The van der Waals surface area contributed by atoms with E-state index in [9.17, 15) is 0 Å². The standard InChI is InChI=1S/C22H28N22/c23-5-1-9-41-19(27-31-35-41)15-39(16-20-28-32-36-42(20)10-2-6-24)13-14-40(17-21-29-33-37-43(21)11-3-7-25)18-22-30-34-38-44(22)12-4-8-26/h1-4,9-18H2. The van der Waals surface area contributed by atoms with Gasteiger partial charge in [0.1, 0.15) is 0 Å². The van der Waals surface area contributed by atoms with Crippen molar-refractivity contribution in [3.05, 3.63) is 23.3 Å². The first-order valence-corrected chi connectivity index (χ1v) is 13.6. The molecule has 0 unspecified atom stereocenters. The van der Waals surface area contributed by atoms with Crippen molar-refractivity contribution in [3.63, 3.8) is 0 Å². The van der Waals surface area contributed by atoms with Gasteiger partial charge < -0.3 is 0 Å². The van der Waals surface area contributed by atoms with Crippen LogP contribution in [0.3, 0.4) is 0 Å². The lowest BCUT2D eigenvalue weighted by Crippen LogP contribution is -2.36. The first-order chi connectivity index (χ1) is 21.6. The van der Waals surface area contributed by atoms with Crippen LogP contribution in [0.1, 0.15) is 49.0 Å². The first-order valence-electron chi connectivity index (χ1n) is 13.6. The molecule has 0 aromatic carbocycles. The van der Waals surface area contributed by atoms with Gasteiger partial charge in [-0.2, -0.15) is 21.0 Å². The van der Waals surface area contributed by atoms with Crippen molar-refractivity contribution in [1.29, 1.82) is 21.0 Å². The summed E-state index contributed by atoms with van der Waals surface area (Å²) in [7, 11) is 0. The Bertz CT molecular complexity index is 1380. The molecule has 0 saturated carbocycles. The Morgan fingerprint density at radius 2 is 0.682 bits per heavy atom. The molecule has 0 radical (unpaired) electrons. The second-order valence-corrected chi connectivity index (χ2v) is 9.33. The Morgan fingerprint density at radius 3 is 0.909 bits per heavy atom. The van der Waals surface area contributed by atoms with Crippen LogP contribution in [0.4, 0.5) is 0 Å². The third-order valence-electron chi connectivity index (χ3n) is 6.36. The van der Waals surface area contributed by atoms with Crippen LogP contribution in [0.5, 0.6) is 0 Å². The van der Waals surface area contributed by atoms with E-state index in [-0.39, 0.29) is 25.7 Å². The molecule has 0 atom stereocenters. The van der Waals surface area contributed by atoms with Crippen molar-refractivity contribution in [3.8, 4) is 24.3 Å². The fourth-order valence-corrected chi connectivity index (χ4v) is 4.18. The van der Waals surface area contributed by atoms with Crippen LogP contribution in [0, 0.1) is 45.3 Å². The minimum Gasteiger partial charge on any atom is -0.287 e. The lowest BCUT2D eigenvalue weighted by Gasteiger charge is -2.26. The summed E-state index contributed by atoms with van der Waals surface area (Å²) < 4.78 is 6.33. The molecule has 4 rings (SSSR count). The Labute approximate surface area is 250 Å². The average molecular weight is 601 g/mol. The molecule has 0 saturated heterocycles. The summed E-state index contributed by atoms with van der Waals surface area (Å²) >= 11 is 0. The van der Waals surface area contributed by atoms with Gasteiger partial charge in [-0.3, -0.25) is 9.80 Å². The quantitative estimate of drug-likeness (QED) is 0.112. The normalized spacial score (nSPS) is 11.0. The third-order valence-corrected chi connectivity index (χ3v) is 6.36. The fourth-order valence-electron chi connectivity index (χ4n) is 4.18. The van der Waals surface area contributed by atoms with Crippen LogP contribution in [0.25, 0.3) is 0 Å². The molecule has 22 heteroatoms. The van der Waals surface area contributed by atoms with Crippen molar-refractivity contribution in [2.45, 2.75) is 78.0 Å². The summed E-state index contributed by atoms with van der Waals surface area (Å²) in [6.07, 6.45) is 0.997. The summed E-state index contributed by atoms with van der Waals surface area (Å²) in [6.45, 7) is 3.57. The van der Waals surface area contributed by atoms with Crippen LogP contribution in [-0.4, -0.2) is 104 Å². The van der Waals surface area contributed by atoms with Crippen molar-refractivity contribution >= 4 is 0 Å². The van der Waals surface area contributed by atoms with E-state index in [0.29, 0.717) is 88.7 Å². The maximum Gasteiger partial charge on any atom is 0.165 e. The Hall–Kier alpha value is -5.84. The molecule has 4 aromatic heterocycles. The highest BCUT2D eigenvalue weighted by Gasteiger charge is 2.21. The van der Waals surface area contributed by atoms with Gasteiger partial charge in [-0.25, -0.2) is 18.7 Å². The highest BCUT2D eigenvalue weighted by Crippen LogP contribution is 2.11. The van der Waals surface area contributed by atoms with E-state index in [2.05, 4.69) is 86.4 Å². The summed E-state index contributed by atoms with van der Waals surface area (Å²) in [6, 6.07) is 8.41. The first kappa shape index (κ1) is 31.1. The number of rotatable bonds is 19. The van der Waals surface area contributed by atoms with Crippen molar-refractivity contribution in [2.24, 2.45) is 0 Å². The molecular weight excluding hydrogens is 572 g/mol. The van der Waals surface area contributed by atoms with Crippen molar-refractivity contribution < 1.29 is 0 Å². The van der Waals surface area contributed by atoms with Crippen LogP contribution in [-0.2, 0) is 52.4 Å². The van der Waals surface area contributed by atoms with Gasteiger partial charge in [0.2, 0.25) is 0 Å². The number of hydrogen-bond donors (Lipinski definition) is 0. The number of hydrogen-bond acceptors (Lipinski definition) is 18. The zero-order chi connectivity index (χ0) is 31.0. The van der Waals surface area contributed by atoms with Crippen molar-refractivity contribution in [1.82, 2.24) is 90.6 Å². The highest BCUT2D eigenvalue weighted by molar-refractivity contribution is 4.91. The van der Waals surface area contributed by atoms with Crippen LogP contribution in [0.2, 0.25) is 0 Å². The van der Waals surface area contributed by atoms with Gasteiger partial charge in [-0.05, 0) is 41.7 Å². The zero-order valence-electron chi connectivity index (χ0n) is 23.7. The van der Waals surface area contributed by atoms with Gasteiger partial charge in [-0.1, -0.05) is 0 Å². The molecule has 0 N–H and O–H groups in total. The topological polar surface area (TPSA) is 276 Å². The van der Waals surface area contributed by atoms with Crippen LogP contribution >= 0.6 is 0 Å². The third kappa shape index (κ3) is 8.83. The average Bonchev–Trinajstić information content (AvgIpc) is 3.85. The largest absolute Gasteiger partial charge is 0.287 e. The molecule has 0 aliphatic rings. The van der Waals surface area contributed by atoms with E-state index in [1.165, 1.54) is 0 Å². The molecule has 0 spiro atoms. The minimum atomic E-state index is 0.249. The molecule has 22 nitrogen and oxygen atoms in total. The summed E-state index contributed by atoms with van der Waals surface area (Å²) in [5.41, 5.74) is 0. The highest BCUT2D eigenvalue weighted by atomic mass is 15.6. The molecule has 226 valence electrons. The van der Waals surface area contributed by atoms with E-state index in [4.69, 9.17) is 21.0 Å². The SMILES string of the molecule is N#CCCn1nnnc1CN(CCN(Cc1nnnn1CCC#N)Cc1nnnn1CCC#N)Cc1nnnn1CCC#N. The number of aromatic nitrogens is 16. The molecular formula is C22H28N22. The lowest BCUT2D eigenvalue weighted by molar-refractivity contribution is 0.165. The Morgan fingerprint density at radius 1 is 0.432 bits per heavy atom. The molecule has 44 heavy (non-hydrogen) atoms. The molecule has 0 aliphatic heterocycles. The Kier molecular flexibility index (Phi) is 11.7. The second-order valence-electron chi connectivity index (χ2n) is 9.33. The Balaban J connectivity index is 1.57. The molecule has 0 bridgehead atoms. The summed E-state index contributed by atoms with van der Waals surface area (Å²) in [5.74, 6) is 2.24. The number of tetrazole rings is 4. The van der Waals surface area contributed by atoms with Crippen molar-refractivity contribution in [2.75, 3.05) is 13.1 Å². The van der Waals surface area contributed by atoms with Gasteiger partial charge >= 0.3 is 0 Å². The second kappa shape index (κ2) is 16.6. The van der Waals surface area contributed by atoms with Crippen LogP contribution < -0.4 is 0 Å². The summed E-state index contributed by atoms with van der Waals surface area (Å²) in [4.78, 5) is 4.10. The predicted octanol–water partition coefficient (Wildman–Crippen LogP) is -2.01. The smallest absolute Gasteiger partial charge is 0.165 e. The minimum absolute atomic E-state index is 0.249. The van der Waals surface area contributed by atoms with Gasteiger partial charge in [0, 0.05) is 13.1 Å². The lowest BCUT2D eigenvalue weighted by atomic mass is 10.3. The van der Waals surface area contributed by atoms with E-state index in [1.807, 2.05) is 9.80 Å². The van der Waals surface area contributed by atoms with Gasteiger partial charge in [-0.15, -0.1) is 20.4 Å². The fraction of sp³-hybridized carbons (Fsp3) is 0.636. The number of nitrogens with zero attached hydrogens (tertiary/aromatic N) is 22. The van der Waals surface area contributed by atoms with Gasteiger partial charge in [0.15, 0.2) is 23.3 Å². The van der Waals surface area contributed by atoms with Gasteiger partial charge in [0.05, 0.1) is 102 Å². The monoisotopic (exact) mass is 600 g/mol. The zero-order valence-corrected chi connectivity index (χ0v) is 23.7. The van der Waals surface area contributed by atoms with E-state index in [1.54, 1.807) is 18.7 Å². The summed E-state index contributed by atoms with van der Waals surface area (Å²) in [5, 5.41) is 84.0. The molecule has 0 aliphatic carbocycles. The predicted molar refractivity (Wildman–Crippen MR) is 140 cm³/mol. The van der Waals surface area contributed by atoms with Gasteiger partial charge in [0.25, 0.3) is 0 Å².